The minimum atomic E-state index is -3.30. The van der Waals surface area contributed by atoms with Crippen LogP contribution in [0.3, 0.4) is 0 Å². The summed E-state index contributed by atoms with van der Waals surface area (Å²) in [6, 6.07) is 5.58. The zero-order chi connectivity index (χ0) is 11.5. The summed E-state index contributed by atoms with van der Waals surface area (Å²) in [6.07, 6.45) is 0. The molecule has 84 valence electrons. The molecule has 1 rings (SSSR count). The van der Waals surface area contributed by atoms with Crippen molar-refractivity contribution >= 4 is 10.0 Å². The van der Waals surface area contributed by atoms with E-state index in [9.17, 15) is 12.8 Å². The second-order valence-corrected chi connectivity index (χ2v) is 5.31. The van der Waals surface area contributed by atoms with E-state index in [0.717, 1.165) is 0 Å². The minimum Gasteiger partial charge on any atom is -0.212 e. The lowest BCUT2D eigenvalue weighted by Crippen LogP contribution is -2.28. The van der Waals surface area contributed by atoms with Crippen LogP contribution in [-0.4, -0.2) is 14.2 Å². The summed E-state index contributed by atoms with van der Waals surface area (Å²) in [5, 5.41) is 0. The van der Waals surface area contributed by atoms with Crippen molar-refractivity contribution in [2.45, 2.75) is 19.9 Å². The van der Waals surface area contributed by atoms with Gasteiger partial charge >= 0.3 is 0 Å². The van der Waals surface area contributed by atoms with Gasteiger partial charge in [0.05, 0.1) is 5.75 Å². The molecule has 1 aromatic carbocycles. The standard InChI is InChI=1S/C10H14FNO2S/c1-3-15(13,14)12-8(2)9-6-4-5-7-10(9)11/h4-8,12H,3H2,1-2H3/t8-/m1/s1. The van der Waals surface area contributed by atoms with Crippen LogP contribution in [0.5, 0.6) is 0 Å². The molecule has 0 bridgehead atoms. The monoisotopic (exact) mass is 231 g/mol. The first-order chi connectivity index (χ1) is 6.96. The number of rotatable bonds is 4. The van der Waals surface area contributed by atoms with Gasteiger partial charge in [0.1, 0.15) is 5.82 Å². The van der Waals surface area contributed by atoms with E-state index in [4.69, 9.17) is 0 Å². The summed E-state index contributed by atoms with van der Waals surface area (Å²) >= 11 is 0. The molecule has 0 aromatic heterocycles. The number of halogens is 1. The molecule has 0 fully saturated rings. The van der Waals surface area contributed by atoms with Gasteiger partial charge in [-0.05, 0) is 19.9 Å². The quantitative estimate of drug-likeness (QED) is 0.859. The van der Waals surface area contributed by atoms with E-state index >= 15 is 0 Å². The molecule has 0 spiro atoms. The van der Waals surface area contributed by atoms with Crippen molar-refractivity contribution in [2.24, 2.45) is 0 Å². The van der Waals surface area contributed by atoms with Crippen molar-refractivity contribution < 1.29 is 12.8 Å². The summed E-state index contributed by atoms with van der Waals surface area (Å²) in [4.78, 5) is 0. The van der Waals surface area contributed by atoms with Gasteiger partial charge in [-0.1, -0.05) is 18.2 Å². The topological polar surface area (TPSA) is 46.2 Å². The highest BCUT2D eigenvalue weighted by Gasteiger charge is 2.15. The second-order valence-electron chi connectivity index (χ2n) is 3.26. The number of hydrogen-bond donors (Lipinski definition) is 1. The van der Waals surface area contributed by atoms with Crippen LogP contribution in [0.1, 0.15) is 25.5 Å². The van der Waals surface area contributed by atoms with Gasteiger partial charge in [0.25, 0.3) is 0 Å². The van der Waals surface area contributed by atoms with Gasteiger partial charge in [0.15, 0.2) is 0 Å². The lowest BCUT2D eigenvalue weighted by molar-refractivity contribution is 0.551. The van der Waals surface area contributed by atoms with E-state index in [0.29, 0.717) is 5.56 Å². The van der Waals surface area contributed by atoms with Crippen molar-refractivity contribution in [3.63, 3.8) is 0 Å². The Morgan fingerprint density at radius 3 is 2.53 bits per heavy atom. The predicted molar refractivity (Wildman–Crippen MR) is 57.4 cm³/mol. The lowest BCUT2D eigenvalue weighted by Gasteiger charge is -2.14. The fourth-order valence-electron chi connectivity index (χ4n) is 1.24. The molecule has 0 aliphatic rings. The van der Waals surface area contributed by atoms with E-state index in [1.54, 1.807) is 25.1 Å². The van der Waals surface area contributed by atoms with Crippen LogP contribution in [0.2, 0.25) is 0 Å². The molecule has 0 saturated carbocycles. The summed E-state index contributed by atoms with van der Waals surface area (Å²) in [6.45, 7) is 3.15. The first-order valence-electron chi connectivity index (χ1n) is 4.70. The average Bonchev–Trinajstić information content (AvgIpc) is 2.17. The van der Waals surface area contributed by atoms with Gasteiger partial charge in [0, 0.05) is 11.6 Å². The molecule has 0 saturated heterocycles. The fraction of sp³-hybridized carbons (Fsp3) is 0.400. The van der Waals surface area contributed by atoms with Gasteiger partial charge < -0.3 is 0 Å². The van der Waals surface area contributed by atoms with Crippen LogP contribution in [0, 0.1) is 5.82 Å². The smallest absolute Gasteiger partial charge is 0.211 e. The summed E-state index contributed by atoms with van der Waals surface area (Å²) in [7, 11) is -3.30. The van der Waals surface area contributed by atoms with Crippen LogP contribution in [0.4, 0.5) is 4.39 Å². The van der Waals surface area contributed by atoms with Gasteiger partial charge in [-0.25, -0.2) is 17.5 Å². The number of nitrogens with one attached hydrogen (secondary N) is 1. The van der Waals surface area contributed by atoms with Crippen molar-refractivity contribution in [3.05, 3.63) is 35.6 Å². The number of benzene rings is 1. The van der Waals surface area contributed by atoms with Gasteiger partial charge in [-0.15, -0.1) is 0 Å². The summed E-state index contributed by atoms with van der Waals surface area (Å²) in [5.74, 6) is -0.407. The first kappa shape index (κ1) is 12.1. The molecule has 0 aliphatic carbocycles. The molecule has 0 amide bonds. The highest BCUT2D eigenvalue weighted by Crippen LogP contribution is 2.16. The fourth-order valence-corrected chi connectivity index (χ4v) is 2.07. The number of hydrogen-bond acceptors (Lipinski definition) is 2. The zero-order valence-corrected chi connectivity index (χ0v) is 9.51. The van der Waals surface area contributed by atoms with Crippen molar-refractivity contribution in [2.75, 3.05) is 5.75 Å². The Morgan fingerprint density at radius 1 is 1.40 bits per heavy atom. The SMILES string of the molecule is CCS(=O)(=O)N[C@H](C)c1ccccc1F. The Hall–Kier alpha value is -0.940. The molecule has 1 N–H and O–H groups in total. The highest BCUT2D eigenvalue weighted by atomic mass is 32.2. The summed E-state index contributed by atoms with van der Waals surface area (Å²) in [5.41, 5.74) is 0.356. The molecule has 1 atom stereocenters. The molecule has 0 radical (unpaired) electrons. The minimum absolute atomic E-state index is 0.00814. The number of sulfonamides is 1. The second kappa shape index (κ2) is 4.72. The maximum atomic E-state index is 13.3. The van der Waals surface area contributed by atoms with E-state index < -0.39 is 21.9 Å². The molecule has 15 heavy (non-hydrogen) atoms. The van der Waals surface area contributed by atoms with E-state index in [1.807, 2.05) is 0 Å². The maximum absolute atomic E-state index is 13.3. The van der Waals surface area contributed by atoms with E-state index in [-0.39, 0.29) is 5.75 Å². The largest absolute Gasteiger partial charge is 0.212 e. The Balaban J connectivity index is 2.87. The Labute approximate surface area is 89.4 Å². The molecule has 3 nitrogen and oxygen atoms in total. The third kappa shape index (κ3) is 3.28. The zero-order valence-electron chi connectivity index (χ0n) is 8.70. The molecular weight excluding hydrogens is 217 g/mol. The highest BCUT2D eigenvalue weighted by molar-refractivity contribution is 7.89. The van der Waals surface area contributed by atoms with Crippen molar-refractivity contribution in [3.8, 4) is 0 Å². The van der Waals surface area contributed by atoms with Gasteiger partial charge in [-0.3, -0.25) is 0 Å². The van der Waals surface area contributed by atoms with Crippen LogP contribution in [0.25, 0.3) is 0 Å². The maximum Gasteiger partial charge on any atom is 0.211 e. The Morgan fingerprint density at radius 2 is 2.00 bits per heavy atom. The van der Waals surface area contributed by atoms with Crippen LogP contribution in [-0.2, 0) is 10.0 Å². The van der Waals surface area contributed by atoms with E-state index in [2.05, 4.69) is 4.72 Å². The normalized spacial score (nSPS) is 13.8. The first-order valence-corrected chi connectivity index (χ1v) is 6.36. The third-order valence-electron chi connectivity index (χ3n) is 2.11. The van der Waals surface area contributed by atoms with Crippen LogP contribution in [0.15, 0.2) is 24.3 Å². The van der Waals surface area contributed by atoms with E-state index in [1.165, 1.54) is 13.0 Å². The predicted octanol–water partition coefficient (Wildman–Crippen LogP) is 1.83. The van der Waals surface area contributed by atoms with Gasteiger partial charge in [-0.2, -0.15) is 0 Å². The molecule has 0 heterocycles. The average molecular weight is 231 g/mol. The molecule has 1 aromatic rings. The van der Waals surface area contributed by atoms with Crippen LogP contribution >= 0.6 is 0 Å². The molecular formula is C10H14FNO2S. The van der Waals surface area contributed by atoms with Crippen LogP contribution < -0.4 is 4.72 Å². The molecule has 0 unspecified atom stereocenters. The van der Waals surface area contributed by atoms with Gasteiger partial charge in [0.2, 0.25) is 10.0 Å². The third-order valence-corrected chi connectivity index (χ3v) is 3.58. The lowest BCUT2D eigenvalue weighted by atomic mass is 10.1. The Bertz CT molecular complexity index is 431. The Kier molecular flexibility index (Phi) is 3.82. The molecule has 0 aliphatic heterocycles. The van der Waals surface area contributed by atoms with Crippen molar-refractivity contribution in [1.29, 1.82) is 0 Å². The molecule has 5 heteroatoms. The van der Waals surface area contributed by atoms with Crippen molar-refractivity contribution in [1.82, 2.24) is 4.72 Å². The summed E-state index contributed by atoms with van der Waals surface area (Å²) < 4.78 is 38.2.